The molecule has 1 amide bonds. The number of Topliss-reactive ketones (excluding diaryl/α,β-unsaturated/α-hetero) is 1. The summed E-state index contributed by atoms with van der Waals surface area (Å²) in [7, 11) is 0. The summed E-state index contributed by atoms with van der Waals surface area (Å²) in [6.07, 6.45) is 2.33. The number of fused-ring (bicyclic) bond motifs is 2. The highest BCUT2D eigenvalue weighted by atomic mass is 79.9. The van der Waals surface area contributed by atoms with Gasteiger partial charge in [-0.05, 0) is 27.2 Å². The van der Waals surface area contributed by atoms with Gasteiger partial charge in [-0.1, -0.05) is 27.3 Å². The van der Waals surface area contributed by atoms with Gasteiger partial charge in [0.2, 0.25) is 0 Å². The van der Waals surface area contributed by atoms with Crippen LogP contribution in [-0.2, 0) is 4.74 Å². The van der Waals surface area contributed by atoms with Gasteiger partial charge < -0.3 is 14.5 Å². The maximum atomic E-state index is 12.2. The zero-order valence-electron chi connectivity index (χ0n) is 13.4. The van der Waals surface area contributed by atoms with Crippen LogP contribution >= 0.6 is 27.3 Å². The monoisotopic (exact) mass is 401 g/mol. The van der Waals surface area contributed by atoms with Gasteiger partial charge in [-0.15, -0.1) is 0 Å². The van der Waals surface area contributed by atoms with Gasteiger partial charge in [0.1, 0.15) is 5.60 Å². The lowest BCUT2D eigenvalue weighted by Gasteiger charge is -2.35. The Morgan fingerprint density at radius 3 is 2.70 bits per heavy atom. The molecule has 126 valence electrons. The van der Waals surface area contributed by atoms with Crippen LogP contribution in [0, 0.1) is 0 Å². The summed E-state index contributed by atoms with van der Waals surface area (Å²) in [6.45, 7) is 7.04. The van der Waals surface area contributed by atoms with Crippen molar-refractivity contribution in [2.24, 2.45) is 0 Å². The minimum atomic E-state index is -0.473. The number of hydrogen-bond donors (Lipinski definition) is 0. The van der Waals surface area contributed by atoms with Crippen LogP contribution in [0.2, 0.25) is 0 Å². The minimum absolute atomic E-state index is 0.0495. The second-order valence-electron chi connectivity index (χ2n) is 6.89. The number of thiazole rings is 1. The molecule has 2 fully saturated rings. The molecule has 0 aliphatic carbocycles. The number of ether oxygens (including phenoxy) is 1. The largest absolute Gasteiger partial charge is 0.444 e. The van der Waals surface area contributed by atoms with Crippen LogP contribution in [0.3, 0.4) is 0 Å². The number of likely N-dealkylation sites (tertiary alicyclic amines) is 1. The number of rotatable bonds is 3. The van der Waals surface area contributed by atoms with Gasteiger partial charge in [-0.25, -0.2) is 9.78 Å². The molecule has 2 aliphatic heterocycles. The van der Waals surface area contributed by atoms with E-state index in [1.807, 2.05) is 25.7 Å². The molecule has 3 heterocycles. The number of hydrogen-bond acceptors (Lipinski definition) is 6. The third kappa shape index (κ3) is 3.38. The highest BCUT2D eigenvalue weighted by Gasteiger charge is 2.47. The van der Waals surface area contributed by atoms with Crippen molar-refractivity contribution < 1.29 is 14.3 Å². The molecule has 23 heavy (non-hydrogen) atoms. The van der Waals surface area contributed by atoms with Crippen molar-refractivity contribution in [2.75, 3.05) is 23.3 Å². The number of carbonyl (C=O) groups is 2. The molecule has 3 rings (SSSR count). The fourth-order valence-electron chi connectivity index (χ4n) is 3.04. The molecule has 2 atom stereocenters. The van der Waals surface area contributed by atoms with Gasteiger partial charge in [0.25, 0.3) is 0 Å². The lowest BCUT2D eigenvalue weighted by Crippen LogP contribution is -2.50. The van der Waals surface area contributed by atoms with Crippen LogP contribution in [0.1, 0.15) is 36.9 Å². The van der Waals surface area contributed by atoms with Gasteiger partial charge in [-0.2, -0.15) is 0 Å². The van der Waals surface area contributed by atoms with Crippen molar-refractivity contribution in [2.45, 2.75) is 44.9 Å². The second-order valence-corrected chi connectivity index (χ2v) is 8.46. The first kappa shape index (κ1) is 16.7. The Bertz CT molecular complexity index is 628. The molecule has 2 unspecified atom stereocenters. The van der Waals surface area contributed by atoms with E-state index in [9.17, 15) is 9.59 Å². The summed E-state index contributed by atoms with van der Waals surface area (Å²) in [6, 6.07) is 0.416. The van der Waals surface area contributed by atoms with Crippen LogP contribution < -0.4 is 4.90 Å². The Kier molecular flexibility index (Phi) is 4.39. The van der Waals surface area contributed by atoms with Crippen LogP contribution in [0.15, 0.2) is 6.20 Å². The van der Waals surface area contributed by atoms with Gasteiger partial charge in [-0.3, -0.25) is 4.79 Å². The number of amides is 1. The van der Waals surface area contributed by atoms with Crippen molar-refractivity contribution in [3.8, 4) is 0 Å². The number of carbonyl (C=O) groups excluding carboxylic acids is 2. The van der Waals surface area contributed by atoms with E-state index in [0.29, 0.717) is 16.8 Å². The molecule has 1 aromatic heterocycles. The number of halogens is 1. The van der Waals surface area contributed by atoms with Crippen molar-refractivity contribution in [1.82, 2.24) is 9.88 Å². The third-order valence-electron chi connectivity index (χ3n) is 4.00. The van der Waals surface area contributed by atoms with Crippen molar-refractivity contribution in [3.05, 3.63) is 11.1 Å². The molecule has 2 bridgehead atoms. The standard InChI is InChI=1S/C15H20BrN3O3S/c1-15(2,3)22-14(21)19-8-9-4-10(19)7-18(9)13-17-6-12(23-13)11(20)5-16/h6,9-10H,4-5,7-8H2,1-3H3. The molecule has 8 heteroatoms. The molecule has 2 aliphatic rings. The molecule has 0 radical (unpaired) electrons. The highest BCUT2D eigenvalue weighted by molar-refractivity contribution is 9.09. The SMILES string of the molecule is CC(C)(C)OC(=O)N1CC2CC1CN2c1ncc(C(=O)CBr)s1. The minimum Gasteiger partial charge on any atom is -0.444 e. The predicted molar refractivity (Wildman–Crippen MR) is 92.7 cm³/mol. The quantitative estimate of drug-likeness (QED) is 0.575. The summed E-state index contributed by atoms with van der Waals surface area (Å²) < 4.78 is 5.47. The number of ketones is 1. The second kappa shape index (κ2) is 6.05. The maximum absolute atomic E-state index is 12.2. The van der Waals surface area contributed by atoms with E-state index in [1.54, 1.807) is 6.20 Å². The van der Waals surface area contributed by atoms with Crippen molar-refractivity contribution >= 4 is 44.3 Å². The molecule has 0 aromatic carbocycles. The van der Waals surface area contributed by atoms with Gasteiger partial charge in [0.05, 0.1) is 28.5 Å². The van der Waals surface area contributed by atoms with E-state index in [0.717, 1.165) is 18.1 Å². The molecular weight excluding hydrogens is 382 g/mol. The van der Waals surface area contributed by atoms with Crippen LogP contribution in [0.25, 0.3) is 0 Å². The van der Waals surface area contributed by atoms with Gasteiger partial charge in [0, 0.05) is 13.1 Å². The summed E-state index contributed by atoms with van der Waals surface area (Å²) in [5, 5.41) is 1.18. The highest BCUT2D eigenvalue weighted by Crippen LogP contribution is 2.37. The predicted octanol–water partition coefficient (Wildman–Crippen LogP) is 2.92. The lowest BCUT2D eigenvalue weighted by atomic mass is 10.2. The molecule has 0 spiro atoms. The molecule has 0 N–H and O–H groups in total. The average Bonchev–Trinajstić information content (AvgIpc) is 3.18. The smallest absolute Gasteiger partial charge is 0.410 e. The van der Waals surface area contributed by atoms with Crippen molar-refractivity contribution in [3.63, 3.8) is 0 Å². The topological polar surface area (TPSA) is 62.7 Å². The molecule has 0 saturated carbocycles. The number of anilines is 1. The lowest BCUT2D eigenvalue weighted by molar-refractivity contribution is 0.0214. The number of nitrogens with zero attached hydrogens (tertiary/aromatic N) is 3. The van der Waals surface area contributed by atoms with E-state index in [1.165, 1.54) is 11.3 Å². The van der Waals surface area contributed by atoms with E-state index in [4.69, 9.17) is 4.74 Å². The third-order valence-corrected chi connectivity index (χ3v) is 5.59. The fourth-order valence-corrected chi connectivity index (χ4v) is 4.46. The van der Waals surface area contributed by atoms with Crippen LogP contribution in [-0.4, -0.2) is 57.9 Å². The first-order valence-electron chi connectivity index (χ1n) is 7.60. The molecular formula is C15H20BrN3O3S. The summed E-state index contributed by atoms with van der Waals surface area (Å²) in [5.41, 5.74) is -0.473. The van der Waals surface area contributed by atoms with Gasteiger partial charge in [0.15, 0.2) is 10.9 Å². The average molecular weight is 402 g/mol. The molecule has 1 aromatic rings. The first-order valence-corrected chi connectivity index (χ1v) is 9.53. The zero-order chi connectivity index (χ0) is 16.8. The summed E-state index contributed by atoms with van der Waals surface area (Å²) in [5.74, 6) is 0.0495. The van der Waals surface area contributed by atoms with Crippen molar-refractivity contribution in [1.29, 1.82) is 0 Å². The number of aromatic nitrogens is 1. The normalized spacial score (nSPS) is 23.5. The Balaban J connectivity index is 1.65. The van der Waals surface area contributed by atoms with E-state index >= 15 is 0 Å². The van der Waals surface area contributed by atoms with Crippen LogP contribution in [0.5, 0.6) is 0 Å². The summed E-state index contributed by atoms with van der Waals surface area (Å²) in [4.78, 5) is 33.0. The zero-order valence-corrected chi connectivity index (χ0v) is 15.8. The molecule has 2 saturated heterocycles. The van der Waals surface area contributed by atoms with Crippen LogP contribution in [0.4, 0.5) is 9.93 Å². The fraction of sp³-hybridized carbons (Fsp3) is 0.667. The Hall–Kier alpha value is -1.15. The number of piperazine rings is 1. The van der Waals surface area contributed by atoms with E-state index in [-0.39, 0.29) is 24.0 Å². The summed E-state index contributed by atoms with van der Waals surface area (Å²) >= 11 is 4.60. The Morgan fingerprint density at radius 1 is 1.39 bits per heavy atom. The van der Waals surface area contributed by atoms with E-state index in [2.05, 4.69) is 25.8 Å². The molecule has 6 nitrogen and oxygen atoms in total. The van der Waals surface area contributed by atoms with E-state index < -0.39 is 5.60 Å². The maximum Gasteiger partial charge on any atom is 0.410 e. The van der Waals surface area contributed by atoms with Gasteiger partial charge >= 0.3 is 6.09 Å². The number of alkyl halides is 1. The Morgan fingerprint density at radius 2 is 2.13 bits per heavy atom. The Labute approximate surface area is 147 Å². The first-order chi connectivity index (χ1) is 10.8.